The third-order valence-corrected chi connectivity index (χ3v) is 2.66. The summed E-state index contributed by atoms with van der Waals surface area (Å²) in [5.74, 6) is -0.783. The van der Waals surface area contributed by atoms with Gasteiger partial charge in [-0.25, -0.2) is 0 Å². The summed E-state index contributed by atoms with van der Waals surface area (Å²) in [6.45, 7) is 2.52. The van der Waals surface area contributed by atoms with Crippen molar-refractivity contribution in [1.29, 1.82) is 0 Å². The second-order valence-corrected chi connectivity index (χ2v) is 4.14. The molecular weight excluding hydrogens is 214 g/mol. The standard InChI is InChI=1S/C14H15NO2/c1-10-2-3-12-9-13(5-4-11(12)8-10)15-7-6-14(16)17/h2-5,8-9,15H,6-7H2,1H3,(H,16,17). The number of fused-ring (bicyclic) bond motifs is 1. The number of benzene rings is 2. The molecule has 0 unspecified atom stereocenters. The van der Waals surface area contributed by atoms with Crippen LogP contribution in [0, 0.1) is 6.92 Å². The second-order valence-electron chi connectivity index (χ2n) is 4.14. The Kier molecular flexibility index (Phi) is 3.28. The van der Waals surface area contributed by atoms with E-state index in [0.717, 1.165) is 11.1 Å². The molecule has 0 saturated heterocycles. The number of carboxylic acids is 1. The number of aliphatic carboxylic acids is 1. The van der Waals surface area contributed by atoms with E-state index in [2.05, 4.69) is 30.4 Å². The summed E-state index contributed by atoms with van der Waals surface area (Å²) in [6.07, 6.45) is 0.131. The first-order valence-corrected chi connectivity index (χ1v) is 5.61. The van der Waals surface area contributed by atoms with Crippen LogP contribution in [-0.2, 0) is 4.79 Å². The van der Waals surface area contributed by atoms with Crippen LogP contribution in [0.2, 0.25) is 0 Å². The van der Waals surface area contributed by atoms with Crippen molar-refractivity contribution in [2.75, 3.05) is 11.9 Å². The van der Waals surface area contributed by atoms with Gasteiger partial charge in [-0.3, -0.25) is 4.79 Å². The van der Waals surface area contributed by atoms with Crippen LogP contribution in [0.4, 0.5) is 5.69 Å². The minimum atomic E-state index is -0.783. The number of anilines is 1. The van der Waals surface area contributed by atoms with Crippen molar-refractivity contribution in [3.8, 4) is 0 Å². The molecule has 2 aromatic carbocycles. The molecule has 0 fully saturated rings. The third-order valence-electron chi connectivity index (χ3n) is 2.66. The highest BCUT2D eigenvalue weighted by molar-refractivity contribution is 5.86. The molecule has 0 spiro atoms. The number of hydrogen-bond acceptors (Lipinski definition) is 2. The van der Waals surface area contributed by atoms with E-state index >= 15 is 0 Å². The fourth-order valence-electron chi connectivity index (χ4n) is 1.79. The Labute approximate surface area is 100 Å². The van der Waals surface area contributed by atoms with Gasteiger partial charge in [-0.15, -0.1) is 0 Å². The molecule has 0 aliphatic heterocycles. The Morgan fingerprint density at radius 3 is 2.65 bits per heavy atom. The molecule has 0 aliphatic rings. The maximum Gasteiger partial charge on any atom is 0.305 e. The van der Waals surface area contributed by atoms with Crippen LogP contribution in [-0.4, -0.2) is 17.6 Å². The topological polar surface area (TPSA) is 49.3 Å². The summed E-state index contributed by atoms with van der Waals surface area (Å²) in [5.41, 5.74) is 2.20. The Hall–Kier alpha value is -2.03. The molecule has 2 N–H and O–H groups in total. The van der Waals surface area contributed by atoms with Crippen LogP contribution in [0.3, 0.4) is 0 Å². The fraction of sp³-hybridized carbons (Fsp3) is 0.214. The van der Waals surface area contributed by atoms with Gasteiger partial charge in [0.15, 0.2) is 0 Å². The average molecular weight is 229 g/mol. The van der Waals surface area contributed by atoms with Crippen LogP contribution in [0.25, 0.3) is 10.8 Å². The Balaban J connectivity index is 2.14. The number of carboxylic acid groups (broad SMARTS) is 1. The SMILES string of the molecule is Cc1ccc2cc(NCCC(=O)O)ccc2c1. The van der Waals surface area contributed by atoms with Crippen molar-refractivity contribution >= 4 is 22.4 Å². The number of rotatable bonds is 4. The molecular formula is C14H15NO2. The Bertz CT molecular complexity index is 549. The van der Waals surface area contributed by atoms with Gasteiger partial charge >= 0.3 is 5.97 Å². The smallest absolute Gasteiger partial charge is 0.305 e. The summed E-state index contributed by atoms with van der Waals surface area (Å²) in [5, 5.41) is 14.0. The molecule has 88 valence electrons. The van der Waals surface area contributed by atoms with Crippen LogP contribution >= 0.6 is 0 Å². The van der Waals surface area contributed by atoms with E-state index in [4.69, 9.17) is 5.11 Å². The molecule has 3 heteroatoms. The van der Waals surface area contributed by atoms with Crippen molar-refractivity contribution in [3.63, 3.8) is 0 Å². The van der Waals surface area contributed by atoms with Gasteiger partial charge in [0.25, 0.3) is 0 Å². The molecule has 0 aromatic heterocycles. The summed E-state index contributed by atoms with van der Waals surface area (Å²) < 4.78 is 0. The van der Waals surface area contributed by atoms with Gasteiger partial charge in [0.05, 0.1) is 6.42 Å². The first kappa shape index (κ1) is 11.5. The summed E-state index contributed by atoms with van der Waals surface area (Å²) in [4.78, 5) is 10.4. The molecule has 17 heavy (non-hydrogen) atoms. The van der Waals surface area contributed by atoms with E-state index < -0.39 is 5.97 Å². The van der Waals surface area contributed by atoms with Crippen LogP contribution < -0.4 is 5.32 Å². The van der Waals surface area contributed by atoms with Gasteiger partial charge in [0.1, 0.15) is 0 Å². The molecule has 0 aliphatic carbocycles. The van der Waals surface area contributed by atoms with Gasteiger partial charge in [-0.2, -0.15) is 0 Å². The minimum absolute atomic E-state index is 0.131. The van der Waals surface area contributed by atoms with E-state index in [1.807, 2.05) is 18.2 Å². The van der Waals surface area contributed by atoms with E-state index in [1.165, 1.54) is 10.9 Å². The number of aryl methyl sites for hydroxylation is 1. The zero-order valence-electron chi connectivity index (χ0n) is 9.73. The number of carbonyl (C=O) groups is 1. The largest absolute Gasteiger partial charge is 0.481 e. The average Bonchev–Trinajstić information content (AvgIpc) is 2.29. The maximum absolute atomic E-state index is 10.4. The van der Waals surface area contributed by atoms with Crippen LogP contribution in [0.1, 0.15) is 12.0 Å². The Morgan fingerprint density at radius 1 is 1.18 bits per heavy atom. The molecule has 0 saturated carbocycles. The van der Waals surface area contributed by atoms with Gasteiger partial charge in [-0.05, 0) is 29.8 Å². The molecule has 0 amide bonds. The zero-order chi connectivity index (χ0) is 12.3. The monoisotopic (exact) mass is 229 g/mol. The van der Waals surface area contributed by atoms with Gasteiger partial charge in [-0.1, -0.05) is 29.8 Å². The summed E-state index contributed by atoms with van der Waals surface area (Å²) >= 11 is 0. The lowest BCUT2D eigenvalue weighted by Gasteiger charge is -2.06. The van der Waals surface area contributed by atoms with Crippen molar-refractivity contribution in [3.05, 3.63) is 42.0 Å². The van der Waals surface area contributed by atoms with Gasteiger partial charge < -0.3 is 10.4 Å². The zero-order valence-corrected chi connectivity index (χ0v) is 9.73. The quantitative estimate of drug-likeness (QED) is 0.847. The second kappa shape index (κ2) is 4.87. The summed E-state index contributed by atoms with van der Waals surface area (Å²) in [6, 6.07) is 12.3. The lowest BCUT2D eigenvalue weighted by atomic mass is 10.1. The molecule has 0 atom stereocenters. The first-order valence-electron chi connectivity index (χ1n) is 5.61. The van der Waals surface area contributed by atoms with Crippen LogP contribution in [0.15, 0.2) is 36.4 Å². The van der Waals surface area contributed by atoms with Crippen molar-refractivity contribution in [2.24, 2.45) is 0 Å². The van der Waals surface area contributed by atoms with Crippen molar-refractivity contribution in [1.82, 2.24) is 0 Å². The van der Waals surface area contributed by atoms with Crippen molar-refractivity contribution in [2.45, 2.75) is 13.3 Å². The third kappa shape index (κ3) is 2.97. The highest BCUT2D eigenvalue weighted by Gasteiger charge is 1.99. The van der Waals surface area contributed by atoms with Crippen molar-refractivity contribution < 1.29 is 9.90 Å². The molecule has 2 aromatic rings. The van der Waals surface area contributed by atoms with E-state index in [-0.39, 0.29) is 6.42 Å². The van der Waals surface area contributed by atoms with E-state index in [9.17, 15) is 4.79 Å². The molecule has 0 heterocycles. The predicted molar refractivity (Wildman–Crippen MR) is 69.4 cm³/mol. The lowest BCUT2D eigenvalue weighted by molar-refractivity contribution is -0.136. The van der Waals surface area contributed by atoms with Crippen LogP contribution in [0.5, 0.6) is 0 Å². The highest BCUT2D eigenvalue weighted by atomic mass is 16.4. The first-order chi connectivity index (χ1) is 8.15. The molecule has 0 radical (unpaired) electrons. The highest BCUT2D eigenvalue weighted by Crippen LogP contribution is 2.20. The minimum Gasteiger partial charge on any atom is -0.481 e. The lowest BCUT2D eigenvalue weighted by Crippen LogP contribution is -2.07. The van der Waals surface area contributed by atoms with E-state index in [1.54, 1.807) is 0 Å². The summed E-state index contributed by atoms with van der Waals surface area (Å²) in [7, 11) is 0. The normalized spacial score (nSPS) is 10.4. The van der Waals surface area contributed by atoms with Gasteiger partial charge in [0.2, 0.25) is 0 Å². The predicted octanol–water partition coefficient (Wildman–Crippen LogP) is 3.03. The van der Waals surface area contributed by atoms with E-state index in [0.29, 0.717) is 6.54 Å². The molecule has 0 bridgehead atoms. The van der Waals surface area contributed by atoms with Gasteiger partial charge in [0, 0.05) is 12.2 Å². The number of nitrogens with one attached hydrogen (secondary N) is 1. The maximum atomic E-state index is 10.4. The Morgan fingerprint density at radius 2 is 1.88 bits per heavy atom. The fourth-order valence-corrected chi connectivity index (χ4v) is 1.79. The molecule has 2 rings (SSSR count). The number of hydrogen-bond donors (Lipinski definition) is 2. The molecule has 3 nitrogen and oxygen atoms in total.